The molecule has 0 aliphatic carbocycles. The van der Waals surface area contributed by atoms with Gasteiger partial charge in [0.05, 0.1) is 11.8 Å². The summed E-state index contributed by atoms with van der Waals surface area (Å²) in [6, 6.07) is 9.04. The van der Waals surface area contributed by atoms with Crippen molar-refractivity contribution in [2.45, 2.75) is 26.4 Å². The van der Waals surface area contributed by atoms with E-state index in [0.717, 1.165) is 16.7 Å². The van der Waals surface area contributed by atoms with E-state index in [2.05, 4.69) is 10.3 Å². The first kappa shape index (κ1) is 19.8. The van der Waals surface area contributed by atoms with E-state index in [1.54, 1.807) is 18.5 Å². The second kappa shape index (κ2) is 8.84. The normalized spacial score (nSPS) is 19.9. The highest BCUT2D eigenvalue weighted by Crippen LogP contribution is 2.25. The number of amides is 1. The highest BCUT2D eigenvalue weighted by molar-refractivity contribution is 5.80. The molecule has 1 aromatic heterocycles. The van der Waals surface area contributed by atoms with Crippen LogP contribution in [-0.2, 0) is 22.7 Å². The Morgan fingerprint density at radius 1 is 1.21 bits per heavy atom. The van der Waals surface area contributed by atoms with Gasteiger partial charge in [0.2, 0.25) is 5.91 Å². The Balaban J connectivity index is 1.65. The van der Waals surface area contributed by atoms with Crippen LogP contribution >= 0.6 is 0 Å². The Morgan fingerprint density at radius 2 is 2.00 bits per heavy atom. The molecular weight excluding hydrogens is 358 g/mol. The number of piperidine rings is 1. The molecule has 0 radical (unpaired) electrons. The zero-order valence-electron chi connectivity index (χ0n) is 15.8. The Kier molecular flexibility index (Phi) is 6.26. The molecule has 2 aromatic rings. The Bertz CT molecular complexity index is 841. The van der Waals surface area contributed by atoms with Crippen LogP contribution in [-0.4, -0.2) is 45.1 Å². The number of rotatable bonds is 6. The average Bonchev–Trinajstić information content (AvgIpc) is 2.69. The zero-order valence-corrected chi connectivity index (χ0v) is 15.8. The smallest absolute Gasteiger partial charge is 0.307 e. The standard InChI is InChI=1S/C21H25N3O4/c1-14-7-15(4-5-19(14)25)11-24-12-17(8-18(13-24)21(27)28)20(26)23-10-16-3-2-6-22-9-16/h2-7,9,17-18,25H,8,10-13H2,1H3,(H,23,26)(H,27,28)/t17-,18+/m1/s1. The molecule has 0 spiro atoms. The van der Waals surface area contributed by atoms with Crippen molar-refractivity contribution in [3.63, 3.8) is 0 Å². The lowest BCUT2D eigenvalue weighted by molar-refractivity contribution is -0.145. The molecule has 1 aliphatic rings. The van der Waals surface area contributed by atoms with Gasteiger partial charge in [-0.3, -0.25) is 19.5 Å². The number of carbonyl (C=O) groups excluding carboxylic acids is 1. The number of hydrogen-bond donors (Lipinski definition) is 3. The Labute approximate surface area is 164 Å². The summed E-state index contributed by atoms with van der Waals surface area (Å²) in [6.45, 7) is 3.64. The van der Waals surface area contributed by atoms with E-state index in [1.165, 1.54) is 0 Å². The third kappa shape index (κ3) is 5.07. The van der Waals surface area contributed by atoms with Crippen LogP contribution in [0.15, 0.2) is 42.7 Å². The molecule has 0 saturated carbocycles. The van der Waals surface area contributed by atoms with Crippen molar-refractivity contribution in [2.75, 3.05) is 13.1 Å². The van der Waals surface area contributed by atoms with Gasteiger partial charge in [-0.05, 0) is 42.2 Å². The number of pyridine rings is 1. The van der Waals surface area contributed by atoms with Crippen LogP contribution in [0.4, 0.5) is 0 Å². The quantitative estimate of drug-likeness (QED) is 0.704. The first-order valence-corrected chi connectivity index (χ1v) is 9.32. The fraction of sp³-hybridized carbons (Fsp3) is 0.381. The number of aryl methyl sites for hydroxylation is 1. The van der Waals surface area contributed by atoms with Gasteiger partial charge in [0.1, 0.15) is 5.75 Å². The number of phenolic OH excluding ortho intramolecular Hbond substituents is 1. The summed E-state index contributed by atoms with van der Waals surface area (Å²) in [5, 5.41) is 22.1. The second-order valence-corrected chi connectivity index (χ2v) is 7.36. The number of hydrogen-bond acceptors (Lipinski definition) is 5. The maximum atomic E-state index is 12.7. The zero-order chi connectivity index (χ0) is 20.1. The highest BCUT2D eigenvalue weighted by Gasteiger charge is 2.35. The number of carboxylic acid groups (broad SMARTS) is 1. The van der Waals surface area contributed by atoms with Crippen LogP contribution in [0, 0.1) is 18.8 Å². The molecule has 2 heterocycles. The van der Waals surface area contributed by atoms with Gasteiger partial charge in [-0.25, -0.2) is 0 Å². The van der Waals surface area contributed by atoms with Crippen LogP contribution in [0.3, 0.4) is 0 Å². The van der Waals surface area contributed by atoms with Crippen LogP contribution in [0.5, 0.6) is 5.75 Å². The Morgan fingerprint density at radius 3 is 2.68 bits per heavy atom. The second-order valence-electron chi connectivity index (χ2n) is 7.36. The fourth-order valence-corrected chi connectivity index (χ4v) is 3.60. The minimum Gasteiger partial charge on any atom is -0.508 e. The minimum atomic E-state index is -0.878. The lowest BCUT2D eigenvalue weighted by Gasteiger charge is -2.35. The van der Waals surface area contributed by atoms with Crippen LogP contribution in [0.2, 0.25) is 0 Å². The molecule has 3 N–H and O–H groups in total. The summed E-state index contributed by atoms with van der Waals surface area (Å²) in [5.41, 5.74) is 2.66. The van der Waals surface area contributed by atoms with E-state index in [4.69, 9.17) is 0 Å². The molecule has 1 fully saturated rings. The first-order chi connectivity index (χ1) is 13.4. The predicted molar refractivity (Wildman–Crippen MR) is 103 cm³/mol. The summed E-state index contributed by atoms with van der Waals surface area (Å²) >= 11 is 0. The van der Waals surface area contributed by atoms with Gasteiger partial charge in [0, 0.05) is 38.6 Å². The number of aromatic nitrogens is 1. The summed E-state index contributed by atoms with van der Waals surface area (Å²) in [4.78, 5) is 30.3. The van der Waals surface area contributed by atoms with Crippen molar-refractivity contribution >= 4 is 11.9 Å². The van der Waals surface area contributed by atoms with Gasteiger partial charge >= 0.3 is 5.97 Å². The highest BCUT2D eigenvalue weighted by atomic mass is 16.4. The molecule has 7 nitrogen and oxygen atoms in total. The van der Waals surface area contributed by atoms with Crippen molar-refractivity contribution in [3.05, 3.63) is 59.4 Å². The Hall–Kier alpha value is -2.93. The molecule has 3 rings (SSSR count). The van der Waals surface area contributed by atoms with E-state index in [1.807, 2.05) is 36.1 Å². The van der Waals surface area contributed by atoms with Gasteiger partial charge in [-0.1, -0.05) is 18.2 Å². The summed E-state index contributed by atoms with van der Waals surface area (Å²) in [6.07, 6.45) is 3.70. The van der Waals surface area contributed by atoms with Crippen LogP contribution in [0.25, 0.3) is 0 Å². The maximum Gasteiger partial charge on any atom is 0.307 e. The monoisotopic (exact) mass is 383 g/mol. The van der Waals surface area contributed by atoms with Crippen molar-refractivity contribution in [2.24, 2.45) is 11.8 Å². The van der Waals surface area contributed by atoms with Crippen molar-refractivity contribution in [1.82, 2.24) is 15.2 Å². The molecule has 1 amide bonds. The van der Waals surface area contributed by atoms with Gasteiger partial charge in [0.15, 0.2) is 0 Å². The molecule has 0 unspecified atom stereocenters. The number of aromatic hydroxyl groups is 1. The molecule has 1 aliphatic heterocycles. The molecule has 148 valence electrons. The van der Waals surface area contributed by atoms with Gasteiger partial charge in [-0.15, -0.1) is 0 Å². The molecule has 2 atom stereocenters. The number of likely N-dealkylation sites (tertiary alicyclic amines) is 1. The maximum absolute atomic E-state index is 12.7. The fourth-order valence-electron chi connectivity index (χ4n) is 3.60. The van der Waals surface area contributed by atoms with Crippen molar-refractivity contribution < 1.29 is 19.8 Å². The largest absolute Gasteiger partial charge is 0.508 e. The van der Waals surface area contributed by atoms with Crippen LogP contribution in [0.1, 0.15) is 23.1 Å². The number of aliphatic carboxylic acids is 1. The average molecular weight is 383 g/mol. The van der Waals surface area contributed by atoms with E-state index in [-0.39, 0.29) is 17.6 Å². The van der Waals surface area contributed by atoms with E-state index >= 15 is 0 Å². The molecule has 7 heteroatoms. The number of carbonyl (C=O) groups is 2. The van der Waals surface area contributed by atoms with Crippen LogP contribution < -0.4 is 5.32 Å². The summed E-state index contributed by atoms with van der Waals surface area (Å²) in [5.74, 6) is -1.75. The van der Waals surface area contributed by atoms with Crippen molar-refractivity contribution in [3.8, 4) is 5.75 Å². The molecular formula is C21H25N3O4. The van der Waals surface area contributed by atoms with Gasteiger partial charge in [-0.2, -0.15) is 0 Å². The van der Waals surface area contributed by atoms with Gasteiger partial charge in [0.25, 0.3) is 0 Å². The number of nitrogens with zero attached hydrogens (tertiary/aromatic N) is 2. The topological polar surface area (TPSA) is 103 Å². The SMILES string of the molecule is Cc1cc(CN2C[C@@H](C(=O)O)C[C@@H](C(=O)NCc3cccnc3)C2)ccc1O. The molecule has 1 aromatic carbocycles. The number of carboxylic acids is 1. The lowest BCUT2D eigenvalue weighted by atomic mass is 9.88. The lowest BCUT2D eigenvalue weighted by Crippen LogP contribution is -2.47. The predicted octanol–water partition coefficient (Wildman–Crippen LogP) is 1.93. The van der Waals surface area contributed by atoms with E-state index in [9.17, 15) is 19.8 Å². The number of benzene rings is 1. The van der Waals surface area contributed by atoms with E-state index < -0.39 is 11.9 Å². The molecule has 1 saturated heterocycles. The molecule has 28 heavy (non-hydrogen) atoms. The van der Waals surface area contributed by atoms with Gasteiger partial charge < -0.3 is 15.5 Å². The number of nitrogens with one attached hydrogen (secondary N) is 1. The first-order valence-electron chi connectivity index (χ1n) is 9.32. The van der Waals surface area contributed by atoms with Crippen molar-refractivity contribution in [1.29, 1.82) is 0 Å². The summed E-state index contributed by atoms with van der Waals surface area (Å²) in [7, 11) is 0. The molecule has 0 bridgehead atoms. The minimum absolute atomic E-state index is 0.137. The number of phenols is 1. The third-order valence-electron chi connectivity index (χ3n) is 5.10. The summed E-state index contributed by atoms with van der Waals surface area (Å²) < 4.78 is 0. The van der Waals surface area contributed by atoms with E-state index in [0.29, 0.717) is 32.6 Å². The third-order valence-corrected chi connectivity index (χ3v) is 5.10.